The summed E-state index contributed by atoms with van der Waals surface area (Å²) < 4.78 is 0. The minimum atomic E-state index is -0.125. The number of anilines is 1. The van der Waals surface area contributed by atoms with Gasteiger partial charge in [-0.05, 0) is 67.0 Å². The summed E-state index contributed by atoms with van der Waals surface area (Å²) in [5.74, 6) is 1.23. The molecule has 1 saturated heterocycles. The van der Waals surface area contributed by atoms with Crippen LogP contribution >= 0.6 is 11.8 Å². The van der Waals surface area contributed by atoms with Crippen molar-refractivity contribution in [3.8, 4) is 0 Å². The molecule has 2 heterocycles. The van der Waals surface area contributed by atoms with Crippen LogP contribution in [0.3, 0.4) is 0 Å². The Balaban J connectivity index is 1.37. The Morgan fingerprint density at radius 3 is 2.51 bits per heavy atom. The quantitative estimate of drug-likeness (QED) is 0.407. The van der Waals surface area contributed by atoms with Crippen LogP contribution < -0.4 is 10.2 Å². The number of thioether (sulfide) groups is 1. The van der Waals surface area contributed by atoms with Crippen molar-refractivity contribution in [2.45, 2.75) is 44.9 Å². The maximum absolute atomic E-state index is 13.4. The first-order valence-corrected chi connectivity index (χ1v) is 13.6. The second-order valence-corrected chi connectivity index (χ2v) is 11.1. The second-order valence-electron chi connectivity index (χ2n) is 9.97. The molecule has 4 rings (SSSR count). The van der Waals surface area contributed by atoms with Gasteiger partial charge in [0.15, 0.2) is 0 Å². The number of hydrogen-bond acceptors (Lipinski definition) is 4. The third kappa shape index (κ3) is 6.77. The maximum atomic E-state index is 13.4. The van der Waals surface area contributed by atoms with Crippen LogP contribution in [0.2, 0.25) is 0 Å². The highest BCUT2D eigenvalue weighted by Crippen LogP contribution is 2.41. The first kappa shape index (κ1) is 25.5. The van der Waals surface area contributed by atoms with Crippen LogP contribution in [0, 0.1) is 11.8 Å². The Bertz CT molecular complexity index is 1060. The molecule has 2 aromatic rings. The number of amides is 2. The predicted octanol–water partition coefficient (Wildman–Crippen LogP) is 5.21. The van der Waals surface area contributed by atoms with Gasteiger partial charge in [0.05, 0.1) is 10.6 Å². The highest BCUT2D eigenvalue weighted by atomic mass is 32.2. The molecule has 2 unspecified atom stereocenters. The van der Waals surface area contributed by atoms with Crippen molar-refractivity contribution >= 4 is 35.3 Å². The lowest BCUT2D eigenvalue weighted by atomic mass is 9.92. The minimum absolute atomic E-state index is 0.0281. The van der Waals surface area contributed by atoms with Crippen molar-refractivity contribution in [1.82, 2.24) is 10.2 Å². The Hall–Kier alpha value is -2.57. The van der Waals surface area contributed by atoms with E-state index in [1.165, 1.54) is 23.7 Å². The number of fused-ring (bicyclic) bond motifs is 1. The van der Waals surface area contributed by atoms with Gasteiger partial charge in [-0.3, -0.25) is 14.5 Å². The summed E-state index contributed by atoms with van der Waals surface area (Å²) in [6.07, 6.45) is 5.13. The van der Waals surface area contributed by atoms with Gasteiger partial charge in [0, 0.05) is 24.5 Å². The topological polar surface area (TPSA) is 52.7 Å². The van der Waals surface area contributed by atoms with Gasteiger partial charge in [-0.2, -0.15) is 0 Å². The van der Waals surface area contributed by atoms with Gasteiger partial charge in [0.2, 0.25) is 5.91 Å². The van der Waals surface area contributed by atoms with E-state index in [9.17, 15) is 9.59 Å². The van der Waals surface area contributed by atoms with Crippen LogP contribution in [0.5, 0.6) is 0 Å². The molecule has 0 bridgehead atoms. The van der Waals surface area contributed by atoms with Crippen molar-refractivity contribution in [2.75, 3.05) is 37.6 Å². The van der Waals surface area contributed by atoms with Crippen molar-refractivity contribution in [2.24, 2.45) is 11.8 Å². The molecular weight excluding hydrogens is 454 g/mol. The average Bonchev–Trinajstić information content (AvgIpc) is 2.84. The number of rotatable bonds is 8. The summed E-state index contributed by atoms with van der Waals surface area (Å²) in [5, 5.41) is 3.03. The fraction of sp³-hybridized carbons (Fsp3) is 0.448. The number of benzene rings is 2. The van der Waals surface area contributed by atoms with E-state index in [1.54, 1.807) is 4.90 Å². The van der Waals surface area contributed by atoms with Gasteiger partial charge >= 0.3 is 0 Å². The van der Waals surface area contributed by atoms with Crippen LogP contribution in [-0.2, 0) is 16.0 Å². The van der Waals surface area contributed by atoms with Gasteiger partial charge in [-0.15, -0.1) is 0 Å². The monoisotopic (exact) mass is 491 g/mol. The van der Waals surface area contributed by atoms with Gasteiger partial charge in [0.1, 0.15) is 6.54 Å². The zero-order valence-corrected chi connectivity index (χ0v) is 21.9. The maximum Gasteiger partial charge on any atom is 0.265 e. The zero-order valence-electron chi connectivity index (χ0n) is 21.1. The molecule has 0 aliphatic carbocycles. The fourth-order valence-corrected chi connectivity index (χ4v) is 6.18. The number of likely N-dealkylation sites (tertiary alicyclic amines) is 1. The third-order valence-corrected chi connectivity index (χ3v) is 7.81. The molecule has 1 fully saturated rings. The first-order chi connectivity index (χ1) is 16.9. The standard InChI is InChI=1S/C29H37N3O2S/c1-4-23-10-12-24(13-11-23)17-27-29(34)32(25-8-5-6-9-26(25)35-27)20-28(33)30-14-7-15-31-18-21(2)16-22(3)19-31/h5-6,8-13,17,21-22H,4,7,14-16,18-20H2,1-3H3,(H,30,33). The largest absolute Gasteiger partial charge is 0.355 e. The van der Waals surface area contributed by atoms with Crippen LogP contribution in [0.25, 0.3) is 6.08 Å². The number of aryl methyl sites for hydroxylation is 1. The normalized spacial score (nSPS) is 21.7. The van der Waals surface area contributed by atoms with Crippen molar-refractivity contribution in [1.29, 1.82) is 0 Å². The molecule has 0 radical (unpaired) electrons. The molecule has 0 spiro atoms. The average molecular weight is 492 g/mol. The van der Waals surface area contributed by atoms with Gasteiger partial charge in [-0.25, -0.2) is 0 Å². The molecule has 2 aromatic carbocycles. The second kappa shape index (κ2) is 11.9. The smallest absolute Gasteiger partial charge is 0.265 e. The highest BCUT2D eigenvalue weighted by Gasteiger charge is 2.30. The molecule has 5 nitrogen and oxygen atoms in total. The molecule has 2 amide bonds. The number of nitrogens with zero attached hydrogens (tertiary/aromatic N) is 2. The van der Waals surface area contributed by atoms with E-state index in [-0.39, 0.29) is 18.4 Å². The molecule has 0 saturated carbocycles. The lowest BCUT2D eigenvalue weighted by Crippen LogP contribution is -2.43. The molecule has 1 N–H and O–H groups in total. The van der Waals surface area contributed by atoms with Gasteiger partial charge in [-0.1, -0.05) is 68.9 Å². The molecule has 0 aromatic heterocycles. The number of piperidine rings is 1. The van der Waals surface area contributed by atoms with Crippen molar-refractivity contribution < 1.29 is 9.59 Å². The highest BCUT2D eigenvalue weighted by molar-refractivity contribution is 8.04. The van der Waals surface area contributed by atoms with Crippen LogP contribution in [-0.4, -0.2) is 49.4 Å². The van der Waals surface area contributed by atoms with E-state index in [1.807, 2.05) is 42.5 Å². The van der Waals surface area contributed by atoms with E-state index in [2.05, 4.69) is 43.1 Å². The first-order valence-electron chi connectivity index (χ1n) is 12.8. The number of carbonyl (C=O) groups is 2. The van der Waals surface area contributed by atoms with E-state index in [0.29, 0.717) is 11.4 Å². The summed E-state index contributed by atoms with van der Waals surface area (Å²) >= 11 is 1.47. The zero-order chi connectivity index (χ0) is 24.8. The van der Waals surface area contributed by atoms with E-state index >= 15 is 0 Å². The number of hydrogen-bond donors (Lipinski definition) is 1. The summed E-state index contributed by atoms with van der Waals surface area (Å²) in [7, 11) is 0. The van der Waals surface area contributed by atoms with Crippen LogP contribution in [0.4, 0.5) is 5.69 Å². The summed E-state index contributed by atoms with van der Waals surface area (Å²) in [6.45, 7) is 10.7. The molecular formula is C29H37N3O2S. The van der Waals surface area contributed by atoms with Crippen molar-refractivity contribution in [3.63, 3.8) is 0 Å². The number of nitrogens with one attached hydrogen (secondary N) is 1. The van der Waals surface area contributed by atoms with Crippen LogP contribution in [0.1, 0.15) is 44.7 Å². The van der Waals surface area contributed by atoms with E-state index in [4.69, 9.17) is 0 Å². The lowest BCUT2D eigenvalue weighted by molar-refractivity contribution is -0.122. The van der Waals surface area contributed by atoms with Gasteiger partial charge in [0.25, 0.3) is 5.91 Å². The van der Waals surface area contributed by atoms with Crippen LogP contribution in [0.15, 0.2) is 58.3 Å². The Kier molecular flexibility index (Phi) is 8.69. The Morgan fingerprint density at radius 1 is 1.09 bits per heavy atom. The van der Waals surface area contributed by atoms with E-state index < -0.39 is 0 Å². The summed E-state index contributed by atoms with van der Waals surface area (Å²) in [5.41, 5.74) is 3.05. The van der Waals surface area contributed by atoms with E-state index in [0.717, 1.165) is 60.5 Å². The molecule has 186 valence electrons. The number of para-hydroxylation sites is 1. The molecule has 2 aliphatic heterocycles. The lowest BCUT2D eigenvalue weighted by Gasteiger charge is -2.35. The van der Waals surface area contributed by atoms with Crippen molar-refractivity contribution in [3.05, 3.63) is 64.6 Å². The fourth-order valence-electron chi connectivity index (χ4n) is 5.12. The molecule has 2 aliphatic rings. The number of carbonyl (C=O) groups excluding carboxylic acids is 2. The Morgan fingerprint density at radius 2 is 1.80 bits per heavy atom. The molecule has 6 heteroatoms. The molecule has 35 heavy (non-hydrogen) atoms. The molecule has 2 atom stereocenters. The summed E-state index contributed by atoms with van der Waals surface area (Å²) in [4.78, 5) is 32.0. The summed E-state index contributed by atoms with van der Waals surface area (Å²) in [6, 6.07) is 16.1. The Labute approximate surface area is 214 Å². The third-order valence-electron chi connectivity index (χ3n) is 6.74. The predicted molar refractivity (Wildman–Crippen MR) is 145 cm³/mol. The SMILES string of the molecule is CCc1ccc(C=C2Sc3ccccc3N(CC(=O)NCCCN3CC(C)CC(C)C3)C2=O)cc1. The minimum Gasteiger partial charge on any atom is -0.355 e. The van der Waals surface area contributed by atoms with Gasteiger partial charge < -0.3 is 10.2 Å².